The van der Waals surface area contributed by atoms with Crippen molar-refractivity contribution in [3.63, 3.8) is 0 Å². The Morgan fingerprint density at radius 2 is 2.24 bits per heavy atom. The molecule has 1 fully saturated rings. The van der Waals surface area contributed by atoms with E-state index in [-0.39, 0.29) is 17.0 Å². The monoisotopic (exact) mass is 236 g/mol. The summed E-state index contributed by atoms with van der Waals surface area (Å²) in [6, 6.07) is 2.50. The van der Waals surface area contributed by atoms with E-state index in [0.717, 1.165) is 12.8 Å². The first-order valence-electron chi connectivity index (χ1n) is 5.73. The van der Waals surface area contributed by atoms with Gasteiger partial charge < -0.3 is 10.8 Å². The molecule has 0 spiro atoms. The second kappa shape index (κ2) is 4.33. The minimum Gasteiger partial charge on any atom is -0.507 e. The first-order valence-corrected chi connectivity index (χ1v) is 5.73. The zero-order valence-corrected chi connectivity index (χ0v) is 9.72. The maximum absolute atomic E-state index is 10.9. The van der Waals surface area contributed by atoms with Crippen molar-refractivity contribution in [3.05, 3.63) is 33.4 Å². The van der Waals surface area contributed by atoms with E-state index in [1.165, 1.54) is 6.07 Å². The summed E-state index contributed by atoms with van der Waals surface area (Å²) in [5.41, 5.74) is 6.80. The van der Waals surface area contributed by atoms with Crippen LogP contribution >= 0.6 is 0 Å². The normalized spacial score (nSPS) is 16.8. The SMILES string of the molecule is Cc1ccc([N+](=O)[O-])c([C@H](N)CC2CC2)c1O. The van der Waals surface area contributed by atoms with Crippen LogP contribution in [0.4, 0.5) is 5.69 Å². The number of nitro groups is 1. The summed E-state index contributed by atoms with van der Waals surface area (Å²) >= 11 is 0. The average Bonchev–Trinajstić information content (AvgIpc) is 3.05. The van der Waals surface area contributed by atoms with Crippen LogP contribution in [0.2, 0.25) is 0 Å². The zero-order chi connectivity index (χ0) is 12.6. The topological polar surface area (TPSA) is 89.4 Å². The third-order valence-corrected chi connectivity index (χ3v) is 3.25. The lowest BCUT2D eigenvalue weighted by Gasteiger charge is -2.14. The van der Waals surface area contributed by atoms with Gasteiger partial charge in [-0.15, -0.1) is 0 Å². The molecule has 1 aliphatic carbocycles. The average molecular weight is 236 g/mol. The number of aromatic hydroxyl groups is 1. The van der Waals surface area contributed by atoms with Crippen molar-refractivity contribution >= 4 is 5.69 Å². The predicted molar refractivity (Wildman–Crippen MR) is 63.8 cm³/mol. The molecule has 0 saturated heterocycles. The number of nitrogens with zero attached hydrogens (tertiary/aromatic N) is 1. The molecule has 0 bridgehead atoms. The van der Waals surface area contributed by atoms with Gasteiger partial charge in [-0.2, -0.15) is 0 Å². The highest BCUT2D eigenvalue weighted by atomic mass is 16.6. The molecule has 1 aliphatic rings. The van der Waals surface area contributed by atoms with Gasteiger partial charge in [0, 0.05) is 12.1 Å². The molecule has 1 saturated carbocycles. The first-order chi connectivity index (χ1) is 8.00. The largest absolute Gasteiger partial charge is 0.507 e. The molecule has 92 valence electrons. The van der Waals surface area contributed by atoms with E-state index >= 15 is 0 Å². The van der Waals surface area contributed by atoms with E-state index in [1.807, 2.05) is 0 Å². The van der Waals surface area contributed by atoms with Crippen molar-refractivity contribution in [2.24, 2.45) is 11.7 Å². The van der Waals surface area contributed by atoms with Crippen molar-refractivity contribution < 1.29 is 10.0 Å². The molecule has 17 heavy (non-hydrogen) atoms. The van der Waals surface area contributed by atoms with Gasteiger partial charge >= 0.3 is 0 Å². The molecular weight excluding hydrogens is 220 g/mol. The second-order valence-corrected chi connectivity index (χ2v) is 4.71. The van der Waals surface area contributed by atoms with Crippen molar-refractivity contribution in [2.75, 3.05) is 0 Å². The molecule has 0 aromatic heterocycles. The van der Waals surface area contributed by atoms with Gasteiger partial charge in [-0.25, -0.2) is 0 Å². The lowest BCUT2D eigenvalue weighted by Crippen LogP contribution is -2.13. The van der Waals surface area contributed by atoms with Crippen LogP contribution in [0.25, 0.3) is 0 Å². The Balaban J connectivity index is 2.39. The molecule has 3 N–H and O–H groups in total. The number of rotatable bonds is 4. The summed E-state index contributed by atoms with van der Waals surface area (Å²) in [5, 5.41) is 20.9. The Hall–Kier alpha value is -1.62. The molecule has 5 nitrogen and oxygen atoms in total. The van der Waals surface area contributed by atoms with Crippen molar-refractivity contribution in [2.45, 2.75) is 32.2 Å². The lowest BCUT2D eigenvalue weighted by molar-refractivity contribution is -0.385. The van der Waals surface area contributed by atoms with Gasteiger partial charge in [0.1, 0.15) is 5.75 Å². The highest BCUT2D eigenvalue weighted by Crippen LogP contribution is 2.42. The maximum atomic E-state index is 10.9. The fraction of sp³-hybridized carbons (Fsp3) is 0.500. The summed E-state index contributed by atoms with van der Waals surface area (Å²) in [5.74, 6) is 0.525. The Morgan fingerprint density at radius 1 is 1.59 bits per heavy atom. The molecule has 1 aromatic carbocycles. The van der Waals surface area contributed by atoms with E-state index in [9.17, 15) is 15.2 Å². The summed E-state index contributed by atoms with van der Waals surface area (Å²) in [7, 11) is 0. The molecule has 0 amide bonds. The highest BCUT2D eigenvalue weighted by molar-refractivity contribution is 5.54. The van der Waals surface area contributed by atoms with Crippen molar-refractivity contribution in [3.8, 4) is 5.75 Å². The van der Waals surface area contributed by atoms with Gasteiger partial charge in [0.25, 0.3) is 5.69 Å². The summed E-state index contributed by atoms with van der Waals surface area (Å²) in [6.07, 6.45) is 2.97. The molecule has 0 heterocycles. The van der Waals surface area contributed by atoms with Crippen LogP contribution in [-0.4, -0.2) is 10.0 Å². The van der Waals surface area contributed by atoms with Crippen LogP contribution in [0.15, 0.2) is 12.1 Å². The number of aryl methyl sites for hydroxylation is 1. The minimum absolute atomic E-state index is 0.0349. The number of benzene rings is 1. The molecule has 5 heteroatoms. The van der Waals surface area contributed by atoms with Gasteiger partial charge in [-0.1, -0.05) is 12.8 Å². The van der Waals surface area contributed by atoms with Crippen molar-refractivity contribution in [1.29, 1.82) is 0 Å². The quantitative estimate of drug-likeness (QED) is 0.620. The molecule has 0 aliphatic heterocycles. The van der Waals surface area contributed by atoms with Crippen LogP contribution in [0.1, 0.15) is 36.4 Å². The van der Waals surface area contributed by atoms with Crippen LogP contribution in [-0.2, 0) is 0 Å². The smallest absolute Gasteiger partial charge is 0.277 e. The fourth-order valence-corrected chi connectivity index (χ4v) is 2.06. The fourth-order valence-electron chi connectivity index (χ4n) is 2.06. The molecule has 2 rings (SSSR count). The lowest BCUT2D eigenvalue weighted by atomic mass is 9.97. The Kier molecular flexibility index (Phi) is 3.02. The predicted octanol–water partition coefficient (Wildman–Crippen LogP) is 2.41. The van der Waals surface area contributed by atoms with Gasteiger partial charge in [0.2, 0.25) is 0 Å². The van der Waals surface area contributed by atoms with Crippen LogP contribution < -0.4 is 5.73 Å². The minimum atomic E-state index is -0.485. The molecule has 0 unspecified atom stereocenters. The van der Waals surface area contributed by atoms with E-state index in [1.54, 1.807) is 13.0 Å². The van der Waals surface area contributed by atoms with Gasteiger partial charge in [0.15, 0.2) is 0 Å². The first kappa shape index (κ1) is 11.9. The van der Waals surface area contributed by atoms with E-state index in [4.69, 9.17) is 5.73 Å². The number of hydrogen-bond acceptors (Lipinski definition) is 4. The van der Waals surface area contributed by atoms with Gasteiger partial charge in [-0.05, 0) is 30.9 Å². The van der Waals surface area contributed by atoms with E-state index in [2.05, 4.69) is 0 Å². The molecule has 0 radical (unpaired) electrons. The number of phenols is 1. The molecular formula is C12H16N2O3. The Bertz CT molecular complexity index is 455. The Labute approximate surface area is 99.4 Å². The third-order valence-electron chi connectivity index (χ3n) is 3.25. The molecule has 1 atom stereocenters. The Morgan fingerprint density at radius 3 is 2.76 bits per heavy atom. The summed E-state index contributed by atoms with van der Waals surface area (Å²) in [4.78, 5) is 10.4. The maximum Gasteiger partial charge on any atom is 0.277 e. The number of hydrogen-bond donors (Lipinski definition) is 2. The van der Waals surface area contributed by atoms with Crippen LogP contribution in [0.5, 0.6) is 5.75 Å². The van der Waals surface area contributed by atoms with E-state index in [0.29, 0.717) is 17.9 Å². The van der Waals surface area contributed by atoms with E-state index < -0.39 is 11.0 Å². The van der Waals surface area contributed by atoms with Crippen molar-refractivity contribution in [1.82, 2.24) is 0 Å². The number of nitro benzene ring substituents is 1. The summed E-state index contributed by atoms with van der Waals surface area (Å²) < 4.78 is 0. The zero-order valence-electron chi connectivity index (χ0n) is 9.72. The molecule has 1 aromatic rings. The number of nitrogens with two attached hydrogens (primary N) is 1. The van der Waals surface area contributed by atoms with Crippen LogP contribution in [0, 0.1) is 23.0 Å². The van der Waals surface area contributed by atoms with Gasteiger partial charge in [-0.3, -0.25) is 10.1 Å². The number of phenolic OH excluding ortho intramolecular Hbond substituents is 1. The highest BCUT2D eigenvalue weighted by Gasteiger charge is 2.30. The standard InChI is InChI=1S/C12H16N2O3/c1-7-2-5-10(14(16)17)11(12(7)15)9(13)6-8-3-4-8/h2,5,8-9,15H,3-4,6,13H2,1H3/t9-/m1/s1. The summed E-state index contributed by atoms with van der Waals surface area (Å²) in [6.45, 7) is 1.71. The second-order valence-electron chi connectivity index (χ2n) is 4.71. The van der Waals surface area contributed by atoms with Gasteiger partial charge in [0.05, 0.1) is 10.5 Å². The van der Waals surface area contributed by atoms with Crippen LogP contribution in [0.3, 0.4) is 0 Å². The third kappa shape index (κ3) is 2.39.